The molecule has 7 atom stereocenters. The molecule has 2 heterocycles. The van der Waals surface area contributed by atoms with E-state index < -0.39 is 67.6 Å². The van der Waals surface area contributed by atoms with Crippen LogP contribution in [0.3, 0.4) is 0 Å². The Morgan fingerprint density at radius 3 is 2.21 bits per heavy atom. The third-order valence-electron chi connectivity index (χ3n) is 9.28. The van der Waals surface area contributed by atoms with E-state index in [1.54, 1.807) is 12.2 Å². The second-order valence-corrected chi connectivity index (χ2v) is 17.5. The fraction of sp³-hybridized carbons (Fsp3) is 0.531. The lowest BCUT2D eigenvalue weighted by molar-refractivity contribution is -0.180. The van der Waals surface area contributed by atoms with Crippen LogP contribution in [0.2, 0.25) is 18.1 Å². The summed E-state index contributed by atoms with van der Waals surface area (Å²) in [6, 6.07) is 4.73. The van der Waals surface area contributed by atoms with Crippen molar-refractivity contribution in [3.63, 3.8) is 0 Å². The van der Waals surface area contributed by atoms with E-state index in [4.69, 9.17) is 23.4 Å². The molecule has 10 heteroatoms. The number of anilines is 1. The highest BCUT2D eigenvalue weighted by molar-refractivity contribution is 6.74. The smallest absolute Gasteiger partial charge is 0.415 e. The zero-order valence-electron chi connectivity index (χ0n) is 25.5. The van der Waals surface area contributed by atoms with Gasteiger partial charge in [0, 0.05) is 25.3 Å². The van der Waals surface area contributed by atoms with Gasteiger partial charge < -0.3 is 23.4 Å². The first-order chi connectivity index (χ1) is 19.6. The SMILES string of the molecule is COC(=O)N1c2ccc(O[Si](C)(C)C(C)(C)C)cc2[C@@]23O[C@@]24[C@@H]1C#C/C=C\C#C[C@H]3[C@@H](OC(C)=O)[C@@H](OC(C)=O)[C@@H]4C. The van der Waals surface area contributed by atoms with Crippen molar-refractivity contribution in [2.24, 2.45) is 11.8 Å². The standard InChI is InChI=1S/C32H37NO8Si/c1-19-27(38-20(2)34)28(39-21(3)35)23-14-12-10-11-13-15-26-31(19)32(23,41-31)24-18-22(40-42(8,9)30(4,5)6)16-17-25(24)33(26)29(36)37-7/h10-11,16-19,23,26-28H,1-9H3/b11-10-/t19-,23-,26-,27-,28+,31-,32+/m0/s1. The van der Waals surface area contributed by atoms with E-state index in [-0.39, 0.29) is 5.04 Å². The molecule has 2 aliphatic carbocycles. The number of carbonyl (C=O) groups excluding carboxylic acids is 3. The summed E-state index contributed by atoms with van der Waals surface area (Å²) in [6.07, 6.45) is 0.716. The summed E-state index contributed by atoms with van der Waals surface area (Å²) >= 11 is 0. The molecule has 0 radical (unpaired) electrons. The van der Waals surface area contributed by atoms with Crippen LogP contribution < -0.4 is 9.33 Å². The number of methoxy groups -OCH3 is 1. The van der Waals surface area contributed by atoms with E-state index in [0.29, 0.717) is 17.0 Å². The van der Waals surface area contributed by atoms with Crippen LogP contribution in [0.4, 0.5) is 10.5 Å². The van der Waals surface area contributed by atoms with E-state index >= 15 is 0 Å². The van der Waals surface area contributed by atoms with Gasteiger partial charge in [-0.05, 0) is 48.5 Å². The molecule has 222 valence electrons. The van der Waals surface area contributed by atoms with Gasteiger partial charge in [-0.2, -0.15) is 0 Å². The van der Waals surface area contributed by atoms with Gasteiger partial charge in [-0.15, -0.1) is 0 Å². The first-order valence-corrected chi connectivity index (χ1v) is 17.0. The highest BCUT2D eigenvalue weighted by atomic mass is 28.4. The van der Waals surface area contributed by atoms with Crippen molar-refractivity contribution in [1.82, 2.24) is 0 Å². The monoisotopic (exact) mass is 591 g/mol. The van der Waals surface area contributed by atoms with Gasteiger partial charge in [0.05, 0.1) is 18.7 Å². The van der Waals surface area contributed by atoms with Gasteiger partial charge in [-0.3, -0.25) is 14.5 Å². The van der Waals surface area contributed by atoms with Gasteiger partial charge >= 0.3 is 18.0 Å². The molecule has 1 amide bonds. The second kappa shape index (κ2) is 9.93. The molecule has 42 heavy (non-hydrogen) atoms. The number of hydrogen-bond donors (Lipinski definition) is 0. The molecule has 0 spiro atoms. The van der Waals surface area contributed by atoms with Gasteiger partial charge in [-0.1, -0.05) is 51.4 Å². The summed E-state index contributed by atoms with van der Waals surface area (Å²) in [5, 5.41) is -0.0614. The Kier molecular flexibility index (Phi) is 7.03. The van der Waals surface area contributed by atoms with Crippen LogP contribution in [-0.2, 0) is 34.1 Å². The van der Waals surface area contributed by atoms with Gasteiger partial charge in [-0.25, -0.2) is 4.79 Å². The Balaban J connectivity index is 1.81. The van der Waals surface area contributed by atoms with Crippen molar-refractivity contribution in [2.45, 2.75) is 89.1 Å². The summed E-state index contributed by atoms with van der Waals surface area (Å²) in [6.45, 7) is 15.3. The molecule has 0 unspecified atom stereocenters. The Hall–Kier alpha value is -3.73. The third-order valence-corrected chi connectivity index (χ3v) is 13.6. The first-order valence-electron chi connectivity index (χ1n) is 14.0. The topological polar surface area (TPSA) is 104 Å². The number of carbonyl (C=O) groups is 3. The van der Waals surface area contributed by atoms with Crippen molar-refractivity contribution >= 4 is 32.0 Å². The lowest BCUT2D eigenvalue weighted by Gasteiger charge is -2.50. The average Bonchev–Trinajstić information content (AvgIpc) is 3.61. The summed E-state index contributed by atoms with van der Waals surface area (Å²) < 4.78 is 30.6. The Morgan fingerprint density at radius 1 is 1.00 bits per heavy atom. The van der Waals surface area contributed by atoms with E-state index in [2.05, 4.69) is 57.5 Å². The molecular formula is C32H37NO8Si. The first kappa shape index (κ1) is 29.7. The maximum absolute atomic E-state index is 13.5. The number of esters is 2. The molecule has 5 rings (SSSR count). The van der Waals surface area contributed by atoms with E-state index in [9.17, 15) is 14.4 Å². The second-order valence-electron chi connectivity index (χ2n) is 12.7. The Morgan fingerprint density at radius 2 is 1.62 bits per heavy atom. The molecule has 4 aliphatic rings. The molecule has 1 saturated heterocycles. The molecule has 1 aromatic rings. The normalized spacial score (nSPS) is 32.7. The number of nitrogens with zero attached hydrogens (tertiary/aromatic N) is 1. The minimum absolute atomic E-state index is 0.0614. The summed E-state index contributed by atoms with van der Waals surface area (Å²) in [7, 11) is -0.938. The van der Waals surface area contributed by atoms with Crippen LogP contribution in [0.15, 0.2) is 30.4 Å². The maximum Gasteiger partial charge on any atom is 0.415 e. The van der Waals surface area contributed by atoms with Crippen molar-refractivity contribution in [3.05, 3.63) is 35.9 Å². The van der Waals surface area contributed by atoms with E-state index in [1.807, 2.05) is 25.1 Å². The summed E-state index contributed by atoms with van der Waals surface area (Å²) in [5.41, 5.74) is -1.14. The number of fused-ring (bicyclic) bond motifs is 1. The predicted molar refractivity (Wildman–Crippen MR) is 157 cm³/mol. The Bertz CT molecular complexity index is 1500. The molecular weight excluding hydrogens is 554 g/mol. The van der Waals surface area contributed by atoms with Crippen molar-refractivity contribution in [2.75, 3.05) is 12.0 Å². The van der Waals surface area contributed by atoms with Gasteiger partial charge in [0.25, 0.3) is 0 Å². The quantitative estimate of drug-likeness (QED) is 0.163. The zero-order valence-corrected chi connectivity index (χ0v) is 26.5. The summed E-state index contributed by atoms with van der Waals surface area (Å²) in [4.78, 5) is 39.8. The van der Waals surface area contributed by atoms with Crippen LogP contribution in [0.5, 0.6) is 5.75 Å². The largest absolute Gasteiger partial charge is 0.543 e. The number of ether oxygens (including phenoxy) is 4. The van der Waals surface area contributed by atoms with Gasteiger partial charge in [0.1, 0.15) is 29.1 Å². The molecule has 1 aromatic carbocycles. The number of amides is 1. The van der Waals surface area contributed by atoms with Crippen LogP contribution >= 0.6 is 0 Å². The minimum Gasteiger partial charge on any atom is -0.543 e. The maximum atomic E-state index is 13.5. The lowest BCUT2D eigenvalue weighted by atomic mass is 9.58. The number of hydrogen-bond acceptors (Lipinski definition) is 8. The molecule has 4 bridgehead atoms. The van der Waals surface area contributed by atoms with Gasteiger partial charge in [0.2, 0.25) is 8.32 Å². The number of benzene rings is 1. The van der Waals surface area contributed by atoms with Gasteiger partial charge in [0.15, 0.2) is 6.10 Å². The number of epoxide rings is 1. The molecule has 0 aromatic heterocycles. The number of rotatable bonds is 4. The minimum atomic E-state index is -2.25. The van der Waals surface area contributed by atoms with Crippen molar-refractivity contribution in [3.8, 4) is 29.4 Å². The molecule has 0 N–H and O–H groups in total. The molecule has 2 aliphatic heterocycles. The highest BCUT2D eigenvalue weighted by Gasteiger charge is 2.88. The molecule has 9 nitrogen and oxygen atoms in total. The molecule has 1 saturated carbocycles. The predicted octanol–water partition coefficient (Wildman–Crippen LogP) is 4.70. The van der Waals surface area contributed by atoms with E-state index in [0.717, 1.165) is 0 Å². The highest BCUT2D eigenvalue weighted by Crippen LogP contribution is 2.74. The van der Waals surface area contributed by atoms with Crippen LogP contribution in [0.1, 0.15) is 47.1 Å². The summed E-state index contributed by atoms with van der Waals surface area (Å²) in [5.74, 6) is 10.7. The van der Waals surface area contributed by atoms with Crippen LogP contribution in [0, 0.1) is 35.5 Å². The average molecular weight is 592 g/mol. The lowest BCUT2D eigenvalue weighted by Crippen LogP contribution is -2.66. The number of allylic oxidation sites excluding steroid dienone is 2. The molecule has 2 fully saturated rings. The third kappa shape index (κ3) is 4.23. The zero-order chi connectivity index (χ0) is 30.8. The van der Waals surface area contributed by atoms with E-state index in [1.165, 1.54) is 25.9 Å². The Labute approximate surface area is 248 Å². The fourth-order valence-corrected chi connectivity index (χ4v) is 7.45. The van der Waals surface area contributed by atoms with Crippen LogP contribution in [-0.4, -0.2) is 57.3 Å². The fourth-order valence-electron chi connectivity index (χ4n) is 6.43. The van der Waals surface area contributed by atoms with Crippen molar-refractivity contribution in [1.29, 1.82) is 0 Å². The van der Waals surface area contributed by atoms with Crippen LogP contribution in [0.25, 0.3) is 0 Å². The van der Waals surface area contributed by atoms with Crippen molar-refractivity contribution < 1.29 is 37.8 Å².